The van der Waals surface area contributed by atoms with Crippen molar-refractivity contribution < 1.29 is 14.9 Å². The molecule has 2 aromatic rings. The Balaban J connectivity index is 2.93. The van der Waals surface area contributed by atoms with Crippen LogP contribution in [0, 0.1) is 0 Å². The van der Waals surface area contributed by atoms with Crippen LogP contribution in [-0.2, 0) is 0 Å². The normalized spacial score (nSPS) is 10.5. The van der Waals surface area contributed by atoms with Gasteiger partial charge in [-0.15, -0.1) is 0 Å². The molecule has 2 aromatic carbocycles. The molecule has 0 saturated carbocycles. The first kappa shape index (κ1) is 10.1. The first-order valence-electron chi connectivity index (χ1n) is 4.32. The molecular formula is C11H9BrO3. The molecule has 0 heterocycles. The predicted molar refractivity (Wildman–Crippen MR) is 61.5 cm³/mol. The molecule has 2 N–H and O–H groups in total. The van der Waals surface area contributed by atoms with E-state index in [9.17, 15) is 10.2 Å². The summed E-state index contributed by atoms with van der Waals surface area (Å²) in [7, 11) is 1.56. The summed E-state index contributed by atoms with van der Waals surface area (Å²) in [5.41, 5.74) is 0. The van der Waals surface area contributed by atoms with Gasteiger partial charge in [-0.1, -0.05) is 15.9 Å². The molecule has 0 aliphatic heterocycles. The topological polar surface area (TPSA) is 49.7 Å². The molecule has 15 heavy (non-hydrogen) atoms. The van der Waals surface area contributed by atoms with Crippen LogP contribution in [-0.4, -0.2) is 17.3 Å². The molecule has 0 aromatic heterocycles. The van der Waals surface area contributed by atoms with Gasteiger partial charge >= 0.3 is 0 Å². The smallest absolute Gasteiger partial charge is 0.166 e. The molecule has 0 saturated heterocycles. The number of aromatic hydroxyl groups is 2. The minimum absolute atomic E-state index is 0.140. The van der Waals surface area contributed by atoms with Crippen LogP contribution in [0.2, 0.25) is 0 Å². The molecule has 0 radical (unpaired) electrons. The maximum absolute atomic E-state index is 9.72. The van der Waals surface area contributed by atoms with Gasteiger partial charge in [-0.3, -0.25) is 0 Å². The summed E-state index contributed by atoms with van der Waals surface area (Å²) in [6, 6.07) is 6.70. The Morgan fingerprint density at radius 1 is 1.13 bits per heavy atom. The first-order valence-corrected chi connectivity index (χ1v) is 5.11. The highest BCUT2D eigenvalue weighted by atomic mass is 79.9. The molecule has 0 fully saturated rings. The van der Waals surface area contributed by atoms with E-state index in [-0.39, 0.29) is 11.5 Å². The fourth-order valence-corrected chi connectivity index (χ4v) is 2.06. The van der Waals surface area contributed by atoms with Crippen molar-refractivity contribution in [2.24, 2.45) is 0 Å². The van der Waals surface area contributed by atoms with Gasteiger partial charge in [0, 0.05) is 15.2 Å². The zero-order valence-electron chi connectivity index (χ0n) is 7.99. The highest BCUT2D eigenvalue weighted by Crippen LogP contribution is 2.41. The Morgan fingerprint density at radius 3 is 2.53 bits per heavy atom. The van der Waals surface area contributed by atoms with Gasteiger partial charge in [0.2, 0.25) is 0 Å². The SMILES string of the molecule is COc1ccc(Br)c2c(O)c(O)ccc12. The molecule has 78 valence electrons. The molecule has 0 amide bonds. The van der Waals surface area contributed by atoms with E-state index in [1.807, 2.05) is 0 Å². The summed E-state index contributed by atoms with van der Waals surface area (Å²) in [5, 5.41) is 20.4. The van der Waals surface area contributed by atoms with Crippen molar-refractivity contribution >= 4 is 26.7 Å². The van der Waals surface area contributed by atoms with E-state index in [1.165, 1.54) is 6.07 Å². The number of hydrogen-bond acceptors (Lipinski definition) is 3. The summed E-state index contributed by atoms with van der Waals surface area (Å²) in [6.45, 7) is 0. The van der Waals surface area contributed by atoms with E-state index in [1.54, 1.807) is 25.3 Å². The third-order valence-electron chi connectivity index (χ3n) is 2.26. The number of phenols is 2. The molecule has 4 heteroatoms. The van der Waals surface area contributed by atoms with Crippen molar-refractivity contribution in [2.45, 2.75) is 0 Å². The van der Waals surface area contributed by atoms with E-state index in [0.29, 0.717) is 15.6 Å². The maximum atomic E-state index is 9.72. The van der Waals surface area contributed by atoms with Crippen LogP contribution in [0.15, 0.2) is 28.7 Å². The molecule has 0 spiro atoms. The third-order valence-corrected chi connectivity index (χ3v) is 2.92. The highest BCUT2D eigenvalue weighted by Gasteiger charge is 2.11. The zero-order chi connectivity index (χ0) is 11.0. The molecule has 2 rings (SSSR count). The van der Waals surface area contributed by atoms with Crippen molar-refractivity contribution in [1.82, 2.24) is 0 Å². The first-order chi connectivity index (χ1) is 7.15. The maximum Gasteiger partial charge on any atom is 0.166 e. The quantitative estimate of drug-likeness (QED) is 0.782. The number of benzene rings is 2. The average Bonchev–Trinajstić information content (AvgIpc) is 2.24. The zero-order valence-corrected chi connectivity index (χ0v) is 9.58. The molecule has 0 unspecified atom stereocenters. The third kappa shape index (κ3) is 1.51. The lowest BCUT2D eigenvalue weighted by molar-refractivity contribution is 0.406. The number of phenolic OH excluding ortho intramolecular Hbond substituents is 2. The van der Waals surface area contributed by atoms with Crippen molar-refractivity contribution in [2.75, 3.05) is 7.11 Å². The largest absolute Gasteiger partial charge is 0.504 e. The van der Waals surface area contributed by atoms with Crippen molar-refractivity contribution in [3.8, 4) is 17.2 Å². The van der Waals surface area contributed by atoms with E-state index < -0.39 is 0 Å². The Morgan fingerprint density at radius 2 is 1.87 bits per heavy atom. The summed E-state index contributed by atoms with van der Waals surface area (Å²) in [4.78, 5) is 0. The van der Waals surface area contributed by atoms with Crippen LogP contribution in [0.3, 0.4) is 0 Å². The Bertz CT molecular complexity index is 523. The van der Waals surface area contributed by atoms with Crippen LogP contribution in [0.5, 0.6) is 17.2 Å². The standard InChI is InChI=1S/C11H9BrO3/c1-15-9-5-3-7(12)10-6(9)2-4-8(13)11(10)14/h2-5,13-14H,1H3. The van der Waals surface area contributed by atoms with Gasteiger partial charge in [-0.2, -0.15) is 0 Å². The number of rotatable bonds is 1. The molecule has 0 aliphatic rings. The second-order valence-electron chi connectivity index (χ2n) is 3.11. The summed E-state index contributed by atoms with van der Waals surface area (Å²) < 4.78 is 5.88. The van der Waals surface area contributed by atoms with E-state index in [4.69, 9.17) is 4.74 Å². The Kier molecular flexibility index (Phi) is 2.44. The second-order valence-corrected chi connectivity index (χ2v) is 3.96. The van der Waals surface area contributed by atoms with Gasteiger partial charge in [0.25, 0.3) is 0 Å². The van der Waals surface area contributed by atoms with Crippen molar-refractivity contribution in [1.29, 1.82) is 0 Å². The summed E-state index contributed by atoms with van der Waals surface area (Å²) >= 11 is 3.32. The van der Waals surface area contributed by atoms with Crippen LogP contribution in [0.1, 0.15) is 0 Å². The highest BCUT2D eigenvalue weighted by molar-refractivity contribution is 9.10. The summed E-state index contributed by atoms with van der Waals surface area (Å²) in [5.74, 6) is 0.373. The number of methoxy groups -OCH3 is 1. The lowest BCUT2D eigenvalue weighted by Crippen LogP contribution is -1.86. The van der Waals surface area contributed by atoms with E-state index in [0.717, 1.165) is 5.39 Å². The Labute approximate surface area is 95.0 Å². The minimum Gasteiger partial charge on any atom is -0.504 e. The van der Waals surface area contributed by atoms with Gasteiger partial charge in [0.1, 0.15) is 5.75 Å². The minimum atomic E-state index is -0.142. The van der Waals surface area contributed by atoms with Crippen LogP contribution >= 0.6 is 15.9 Å². The van der Waals surface area contributed by atoms with Crippen LogP contribution in [0.25, 0.3) is 10.8 Å². The van der Waals surface area contributed by atoms with Gasteiger partial charge in [-0.05, 0) is 24.3 Å². The van der Waals surface area contributed by atoms with E-state index in [2.05, 4.69) is 15.9 Å². The fraction of sp³-hybridized carbons (Fsp3) is 0.0909. The lowest BCUT2D eigenvalue weighted by Gasteiger charge is -2.09. The predicted octanol–water partition coefficient (Wildman–Crippen LogP) is 3.02. The second kappa shape index (κ2) is 3.62. The number of halogens is 1. The monoisotopic (exact) mass is 268 g/mol. The van der Waals surface area contributed by atoms with E-state index >= 15 is 0 Å². The van der Waals surface area contributed by atoms with Crippen molar-refractivity contribution in [3.05, 3.63) is 28.7 Å². The number of hydrogen-bond donors (Lipinski definition) is 2. The Hall–Kier alpha value is -1.42. The lowest BCUT2D eigenvalue weighted by atomic mass is 10.1. The van der Waals surface area contributed by atoms with Crippen molar-refractivity contribution in [3.63, 3.8) is 0 Å². The number of fused-ring (bicyclic) bond motifs is 1. The average molecular weight is 269 g/mol. The van der Waals surface area contributed by atoms with Crippen LogP contribution < -0.4 is 4.74 Å². The molecule has 0 aliphatic carbocycles. The number of ether oxygens (including phenoxy) is 1. The fourth-order valence-electron chi connectivity index (χ4n) is 1.53. The molecule has 0 atom stereocenters. The molecular weight excluding hydrogens is 260 g/mol. The van der Waals surface area contributed by atoms with Crippen LogP contribution in [0.4, 0.5) is 0 Å². The van der Waals surface area contributed by atoms with Gasteiger partial charge in [0.15, 0.2) is 11.5 Å². The summed E-state index contributed by atoms with van der Waals surface area (Å²) in [6.07, 6.45) is 0. The van der Waals surface area contributed by atoms with Gasteiger partial charge in [-0.25, -0.2) is 0 Å². The molecule has 0 bridgehead atoms. The van der Waals surface area contributed by atoms with Gasteiger partial charge < -0.3 is 14.9 Å². The molecule has 3 nitrogen and oxygen atoms in total. The van der Waals surface area contributed by atoms with Gasteiger partial charge in [0.05, 0.1) is 7.11 Å².